The highest BCUT2D eigenvalue weighted by molar-refractivity contribution is 6.30. The van der Waals surface area contributed by atoms with Crippen LogP contribution >= 0.6 is 11.6 Å². The summed E-state index contributed by atoms with van der Waals surface area (Å²) in [5.41, 5.74) is 6.20. The van der Waals surface area contributed by atoms with Gasteiger partial charge in [-0.2, -0.15) is 0 Å². The Hall–Kier alpha value is -1.42. The average molecular weight is 269 g/mol. The Kier molecular flexibility index (Phi) is 4.31. The van der Waals surface area contributed by atoms with Crippen molar-refractivity contribution in [2.24, 2.45) is 10.9 Å². The van der Waals surface area contributed by atoms with E-state index in [2.05, 4.69) is 5.16 Å². The van der Waals surface area contributed by atoms with E-state index in [0.29, 0.717) is 16.3 Å². The Morgan fingerprint density at radius 1 is 1.33 bits per heavy atom. The third-order valence-corrected chi connectivity index (χ3v) is 3.41. The molecule has 3 N–H and O–H groups in total. The number of nitrogens with two attached hydrogens (primary N) is 1. The van der Waals surface area contributed by atoms with Gasteiger partial charge in [0.2, 0.25) is 0 Å². The fraction of sp³-hybridized carbons (Fsp3) is 0.462. The SMILES string of the molecule is NC(=NO)c1ccc(Cl)cc1OC1CCCCC1. The van der Waals surface area contributed by atoms with Crippen molar-refractivity contribution in [2.75, 3.05) is 0 Å². The molecule has 98 valence electrons. The van der Waals surface area contributed by atoms with Crippen LogP contribution in [0.5, 0.6) is 5.75 Å². The maximum Gasteiger partial charge on any atom is 0.173 e. The van der Waals surface area contributed by atoms with E-state index in [9.17, 15) is 0 Å². The van der Waals surface area contributed by atoms with Gasteiger partial charge in [0.05, 0.1) is 11.7 Å². The molecule has 2 rings (SSSR count). The molecule has 0 amide bonds. The van der Waals surface area contributed by atoms with Gasteiger partial charge in [0.1, 0.15) is 5.75 Å². The maximum atomic E-state index is 8.76. The normalized spacial score (nSPS) is 17.7. The van der Waals surface area contributed by atoms with Crippen molar-refractivity contribution in [1.29, 1.82) is 0 Å². The largest absolute Gasteiger partial charge is 0.490 e. The molecule has 1 aromatic carbocycles. The number of rotatable bonds is 3. The molecule has 0 saturated heterocycles. The minimum atomic E-state index is 0.0393. The zero-order valence-electron chi connectivity index (χ0n) is 10.1. The van der Waals surface area contributed by atoms with E-state index >= 15 is 0 Å². The van der Waals surface area contributed by atoms with Crippen LogP contribution < -0.4 is 10.5 Å². The first-order valence-electron chi connectivity index (χ1n) is 6.15. The van der Waals surface area contributed by atoms with Crippen molar-refractivity contribution >= 4 is 17.4 Å². The lowest BCUT2D eigenvalue weighted by Crippen LogP contribution is -2.22. The van der Waals surface area contributed by atoms with Crippen molar-refractivity contribution in [3.05, 3.63) is 28.8 Å². The smallest absolute Gasteiger partial charge is 0.173 e. The van der Waals surface area contributed by atoms with Crippen LogP contribution in [-0.2, 0) is 0 Å². The molecule has 0 heterocycles. The minimum Gasteiger partial charge on any atom is -0.490 e. The van der Waals surface area contributed by atoms with Gasteiger partial charge in [-0.1, -0.05) is 23.2 Å². The monoisotopic (exact) mass is 268 g/mol. The van der Waals surface area contributed by atoms with Gasteiger partial charge in [-0.25, -0.2) is 0 Å². The molecule has 0 aromatic heterocycles. The molecule has 1 aliphatic carbocycles. The van der Waals surface area contributed by atoms with Crippen molar-refractivity contribution in [3.8, 4) is 5.75 Å². The number of amidine groups is 1. The van der Waals surface area contributed by atoms with Gasteiger partial charge in [-0.05, 0) is 43.9 Å². The van der Waals surface area contributed by atoms with E-state index in [4.69, 9.17) is 27.3 Å². The summed E-state index contributed by atoms with van der Waals surface area (Å²) in [6.45, 7) is 0. The lowest BCUT2D eigenvalue weighted by atomic mass is 9.97. The van der Waals surface area contributed by atoms with Gasteiger partial charge in [-0.3, -0.25) is 0 Å². The molecule has 1 aromatic rings. The fourth-order valence-electron chi connectivity index (χ4n) is 2.22. The lowest BCUT2D eigenvalue weighted by molar-refractivity contribution is 0.154. The second-order valence-corrected chi connectivity index (χ2v) is 4.94. The molecule has 0 spiro atoms. The molecule has 1 aliphatic rings. The second kappa shape index (κ2) is 5.96. The third-order valence-electron chi connectivity index (χ3n) is 3.17. The minimum absolute atomic E-state index is 0.0393. The number of ether oxygens (including phenoxy) is 1. The first-order valence-corrected chi connectivity index (χ1v) is 6.52. The van der Waals surface area contributed by atoms with E-state index in [1.807, 2.05) is 0 Å². The number of nitrogens with zero attached hydrogens (tertiary/aromatic N) is 1. The third kappa shape index (κ3) is 3.07. The first kappa shape index (κ1) is 13.0. The summed E-state index contributed by atoms with van der Waals surface area (Å²) in [6.07, 6.45) is 5.92. The molecule has 18 heavy (non-hydrogen) atoms. The fourth-order valence-corrected chi connectivity index (χ4v) is 2.38. The molecule has 0 aliphatic heterocycles. The second-order valence-electron chi connectivity index (χ2n) is 4.50. The summed E-state index contributed by atoms with van der Waals surface area (Å²) < 4.78 is 5.93. The van der Waals surface area contributed by atoms with Gasteiger partial charge >= 0.3 is 0 Å². The molecule has 4 nitrogen and oxygen atoms in total. The van der Waals surface area contributed by atoms with Crippen LogP contribution in [0.3, 0.4) is 0 Å². The van der Waals surface area contributed by atoms with Crippen LogP contribution in [0.2, 0.25) is 5.02 Å². The maximum absolute atomic E-state index is 8.76. The van der Waals surface area contributed by atoms with Crippen LogP contribution in [0.1, 0.15) is 37.7 Å². The summed E-state index contributed by atoms with van der Waals surface area (Å²) in [7, 11) is 0. The highest BCUT2D eigenvalue weighted by Crippen LogP contribution is 2.28. The van der Waals surface area contributed by atoms with E-state index < -0.39 is 0 Å². The molecule has 0 atom stereocenters. The Balaban J connectivity index is 2.21. The van der Waals surface area contributed by atoms with Crippen molar-refractivity contribution in [3.63, 3.8) is 0 Å². The van der Waals surface area contributed by atoms with E-state index in [-0.39, 0.29) is 11.9 Å². The van der Waals surface area contributed by atoms with Gasteiger partial charge in [-0.15, -0.1) is 0 Å². The van der Waals surface area contributed by atoms with Gasteiger partial charge < -0.3 is 15.7 Å². The van der Waals surface area contributed by atoms with Crippen LogP contribution in [0.25, 0.3) is 0 Å². The topological polar surface area (TPSA) is 67.8 Å². The Bertz CT molecular complexity index is 443. The van der Waals surface area contributed by atoms with E-state index in [1.165, 1.54) is 19.3 Å². The molecule has 0 radical (unpaired) electrons. The Morgan fingerprint density at radius 2 is 2.06 bits per heavy atom. The van der Waals surface area contributed by atoms with Crippen molar-refractivity contribution < 1.29 is 9.94 Å². The van der Waals surface area contributed by atoms with E-state index in [1.54, 1.807) is 18.2 Å². The Labute approximate surface area is 111 Å². The van der Waals surface area contributed by atoms with Crippen LogP contribution in [0.4, 0.5) is 0 Å². The van der Waals surface area contributed by atoms with Crippen molar-refractivity contribution in [2.45, 2.75) is 38.2 Å². The average Bonchev–Trinajstić information content (AvgIpc) is 2.39. The van der Waals surface area contributed by atoms with E-state index in [0.717, 1.165) is 12.8 Å². The van der Waals surface area contributed by atoms with Crippen LogP contribution in [-0.4, -0.2) is 17.1 Å². The molecular weight excluding hydrogens is 252 g/mol. The highest BCUT2D eigenvalue weighted by Gasteiger charge is 2.18. The lowest BCUT2D eigenvalue weighted by Gasteiger charge is -2.24. The molecule has 0 bridgehead atoms. The van der Waals surface area contributed by atoms with Crippen LogP contribution in [0, 0.1) is 0 Å². The molecule has 1 saturated carbocycles. The summed E-state index contributed by atoms with van der Waals surface area (Å²) in [5.74, 6) is 0.627. The zero-order chi connectivity index (χ0) is 13.0. The molecule has 0 unspecified atom stereocenters. The predicted octanol–water partition coefficient (Wildman–Crippen LogP) is 3.15. The number of hydrogen-bond acceptors (Lipinski definition) is 3. The zero-order valence-corrected chi connectivity index (χ0v) is 10.9. The Morgan fingerprint density at radius 3 is 2.72 bits per heavy atom. The number of halogens is 1. The van der Waals surface area contributed by atoms with Gasteiger partial charge in [0.25, 0.3) is 0 Å². The number of benzene rings is 1. The van der Waals surface area contributed by atoms with Crippen LogP contribution in [0.15, 0.2) is 23.4 Å². The quantitative estimate of drug-likeness (QED) is 0.383. The van der Waals surface area contributed by atoms with Crippen molar-refractivity contribution in [1.82, 2.24) is 0 Å². The molecular formula is C13H17ClN2O2. The highest BCUT2D eigenvalue weighted by atomic mass is 35.5. The number of oxime groups is 1. The summed E-state index contributed by atoms with van der Waals surface area (Å²) in [4.78, 5) is 0. The summed E-state index contributed by atoms with van der Waals surface area (Å²) in [5, 5.41) is 12.4. The molecule has 1 fully saturated rings. The molecule has 5 heteroatoms. The summed E-state index contributed by atoms with van der Waals surface area (Å²) >= 11 is 5.96. The first-order chi connectivity index (χ1) is 8.70. The standard InChI is InChI=1S/C13H17ClN2O2/c14-9-6-7-11(13(15)16-17)12(8-9)18-10-4-2-1-3-5-10/h6-8,10,17H,1-5H2,(H2,15,16). The predicted molar refractivity (Wildman–Crippen MR) is 71.5 cm³/mol. The summed E-state index contributed by atoms with van der Waals surface area (Å²) in [6, 6.07) is 5.11. The van der Waals surface area contributed by atoms with Gasteiger partial charge in [0, 0.05) is 5.02 Å². The number of hydrogen-bond donors (Lipinski definition) is 2. The van der Waals surface area contributed by atoms with Gasteiger partial charge in [0.15, 0.2) is 5.84 Å².